The van der Waals surface area contributed by atoms with Crippen LogP contribution in [-0.2, 0) is 11.3 Å². The first-order valence-electron chi connectivity index (χ1n) is 4.27. The van der Waals surface area contributed by atoms with Gasteiger partial charge in [-0.1, -0.05) is 0 Å². The Morgan fingerprint density at radius 2 is 2.54 bits per heavy atom. The lowest BCUT2D eigenvalue weighted by Gasteiger charge is -2.13. The molecular weight excluding hydrogens is 250 g/mol. The van der Waals surface area contributed by atoms with E-state index in [4.69, 9.17) is 4.74 Å². The van der Waals surface area contributed by atoms with E-state index in [1.807, 2.05) is 0 Å². The van der Waals surface area contributed by atoms with Gasteiger partial charge in [-0.15, -0.1) is 11.3 Å². The highest BCUT2D eigenvalue weighted by Gasteiger charge is 2.23. The van der Waals surface area contributed by atoms with Crippen molar-refractivity contribution in [3.63, 3.8) is 0 Å². The van der Waals surface area contributed by atoms with E-state index in [0.29, 0.717) is 6.10 Å². The zero-order chi connectivity index (χ0) is 9.26. The van der Waals surface area contributed by atoms with Crippen LogP contribution in [0.3, 0.4) is 0 Å². The predicted octanol–water partition coefficient (Wildman–Crippen LogP) is 2.34. The molecule has 2 rings (SSSR count). The molecule has 1 unspecified atom stereocenters. The number of ether oxygens (including phenoxy) is 1. The van der Waals surface area contributed by atoms with Gasteiger partial charge in [-0.3, -0.25) is 4.90 Å². The average molecular weight is 262 g/mol. The molecule has 4 heteroatoms. The average Bonchev–Trinajstić information content (AvgIpc) is 2.76. The van der Waals surface area contributed by atoms with Crippen molar-refractivity contribution in [2.45, 2.75) is 12.6 Å². The largest absolute Gasteiger partial charge is 0.372 e. The van der Waals surface area contributed by atoms with Crippen LogP contribution in [0.1, 0.15) is 4.88 Å². The number of epoxide rings is 1. The van der Waals surface area contributed by atoms with Crippen LogP contribution < -0.4 is 0 Å². The van der Waals surface area contributed by atoms with Crippen LogP contribution in [0, 0.1) is 0 Å². The van der Waals surface area contributed by atoms with E-state index in [9.17, 15) is 0 Å². The van der Waals surface area contributed by atoms with Gasteiger partial charge in [0.15, 0.2) is 0 Å². The highest BCUT2D eigenvalue weighted by molar-refractivity contribution is 9.10. The highest BCUT2D eigenvalue weighted by atomic mass is 79.9. The minimum Gasteiger partial charge on any atom is -0.372 e. The van der Waals surface area contributed by atoms with E-state index in [2.05, 4.69) is 39.3 Å². The van der Waals surface area contributed by atoms with Crippen molar-refractivity contribution in [1.29, 1.82) is 0 Å². The standard InChI is InChI=1S/C9H12BrNOS/c1-11(3-8-5-12-8)4-9-2-7(10)6-13-9/h2,6,8H,3-5H2,1H3. The maximum atomic E-state index is 5.17. The lowest BCUT2D eigenvalue weighted by molar-refractivity contribution is 0.280. The third-order valence-electron chi connectivity index (χ3n) is 1.97. The van der Waals surface area contributed by atoms with Crippen LogP contribution in [0.25, 0.3) is 0 Å². The van der Waals surface area contributed by atoms with Crippen molar-refractivity contribution in [2.75, 3.05) is 20.2 Å². The first kappa shape index (κ1) is 9.65. The number of likely N-dealkylation sites (N-methyl/N-ethyl adjacent to an activating group) is 1. The van der Waals surface area contributed by atoms with Gasteiger partial charge < -0.3 is 4.74 Å². The number of halogens is 1. The van der Waals surface area contributed by atoms with E-state index in [0.717, 1.165) is 19.7 Å². The van der Waals surface area contributed by atoms with E-state index >= 15 is 0 Å². The zero-order valence-corrected chi connectivity index (χ0v) is 9.90. The van der Waals surface area contributed by atoms with Gasteiger partial charge in [0.25, 0.3) is 0 Å². The van der Waals surface area contributed by atoms with Gasteiger partial charge in [0, 0.05) is 27.8 Å². The molecule has 1 aliphatic rings. The molecule has 0 radical (unpaired) electrons. The van der Waals surface area contributed by atoms with Crippen LogP contribution in [0.4, 0.5) is 0 Å². The summed E-state index contributed by atoms with van der Waals surface area (Å²) in [6.45, 7) is 3.02. The molecule has 0 aromatic carbocycles. The molecule has 1 atom stereocenters. The Bertz CT molecular complexity index is 285. The second kappa shape index (κ2) is 4.09. The molecule has 13 heavy (non-hydrogen) atoms. The first-order valence-corrected chi connectivity index (χ1v) is 5.94. The summed E-state index contributed by atoms with van der Waals surface area (Å²) < 4.78 is 6.36. The summed E-state index contributed by atoms with van der Waals surface area (Å²) in [7, 11) is 2.13. The van der Waals surface area contributed by atoms with Crippen LogP contribution in [-0.4, -0.2) is 31.2 Å². The second-order valence-electron chi connectivity index (χ2n) is 3.38. The van der Waals surface area contributed by atoms with Gasteiger partial charge in [-0.25, -0.2) is 0 Å². The van der Waals surface area contributed by atoms with Crippen molar-refractivity contribution in [3.8, 4) is 0 Å². The van der Waals surface area contributed by atoms with Crippen molar-refractivity contribution < 1.29 is 4.74 Å². The Kier molecular flexibility index (Phi) is 3.03. The quantitative estimate of drug-likeness (QED) is 0.774. The molecule has 0 saturated carbocycles. The monoisotopic (exact) mass is 261 g/mol. The summed E-state index contributed by atoms with van der Waals surface area (Å²) in [6, 6.07) is 2.18. The van der Waals surface area contributed by atoms with Crippen molar-refractivity contribution in [3.05, 3.63) is 20.8 Å². The fourth-order valence-electron chi connectivity index (χ4n) is 1.29. The van der Waals surface area contributed by atoms with Gasteiger partial charge >= 0.3 is 0 Å². The minimum atomic E-state index is 0.494. The summed E-state index contributed by atoms with van der Waals surface area (Å²) in [6.07, 6.45) is 0.494. The van der Waals surface area contributed by atoms with Crippen LogP contribution in [0.2, 0.25) is 0 Å². The van der Waals surface area contributed by atoms with Crippen LogP contribution >= 0.6 is 27.3 Å². The zero-order valence-electron chi connectivity index (χ0n) is 7.50. The lowest BCUT2D eigenvalue weighted by Crippen LogP contribution is -2.22. The summed E-state index contributed by atoms with van der Waals surface area (Å²) in [5.74, 6) is 0. The molecule has 1 saturated heterocycles. The normalized spacial score (nSPS) is 21.0. The van der Waals surface area contributed by atoms with Crippen molar-refractivity contribution >= 4 is 27.3 Å². The lowest BCUT2D eigenvalue weighted by atomic mass is 10.4. The Balaban J connectivity index is 1.82. The molecule has 2 nitrogen and oxygen atoms in total. The van der Waals surface area contributed by atoms with Crippen molar-refractivity contribution in [2.24, 2.45) is 0 Å². The van der Waals surface area contributed by atoms with Crippen molar-refractivity contribution in [1.82, 2.24) is 4.90 Å². The number of nitrogens with zero attached hydrogens (tertiary/aromatic N) is 1. The van der Waals surface area contributed by atoms with Gasteiger partial charge in [0.05, 0.1) is 12.7 Å². The molecule has 0 spiro atoms. The fourth-order valence-corrected chi connectivity index (χ4v) is 2.82. The number of hydrogen-bond acceptors (Lipinski definition) is 3. The molecule has 1 aromatic heterocycles. The van der Waals surface area contributed by atoms with Gasteiger partial charge in [-0.05, 0) is 29.0 Å². The predicted molar refractivity (Wildman–Crippen MR) is 58.1 cm³/mol. The maximum absolute atomic E-state index is 5.17. The fraction of sp³-hybridized carbons (Fsp3) is 0.556. The number of rotatable bonds is 4. The Morgan fingerprint density at radius 1 is 1.77 bits per heavy atom. The molecule has 0 amide bonds. The highest BCUT2D eigenvalue weighted by Crippen LogP contribution is 2.21. The van der Waals surface area contributed by atoms with E-state index < -0.39 is 0 Å². The smallest absolute Gasteiger partial charge is 0.0936 e. The third kappa shape index (κ3) is 3.06. The summed E-state index contributed by atoms with van der Waals surface area (Å²) in [5.41, 5.74) is 0. The van der Waals surface area contributed by atoms with Gasteiger partial charge in [-0.2, -0.15) is 0 Å². The molecule has 0 bridgehead atoms. The molecule has 72 valence electrons. The minimum absolute atomic E-state index is 0.494. The second-order valence-corrected chi connectivity index (χ2v) is 5.29. The van der Waals surface area contributed by atoms with Crippen LogP contribution in [0.5, 0.6) is 0 Å². The summed E-state index contributed by atoms with van der Waals surface area (Å²) in [5, 5.41) is 2.12. The van der Waals surface area contributed by atoms with E-state index in [1.165, 1.54) is 9.35 Å². The van der Waals surface area contributed by atoms with E-state index in [-0.39, 0.29) is 0 Å². The summed E-state index contributed by atoms with van der Waals surface area (Å²) in [4.78, 5) is 3.70. The van der Waals surface area contributed by atoms with Gasteiger partial charge in [0.2, 0.25) is 0 Å². The topological polar surface area (TPSA) is 15.8 Å². The summed E-state index contributed by atoms with van der Waals surface area (Å²) >= 11 is 5.25. The molecule has 0 aliphatic carbocycles. The number of hydrogen-bond donors (Lipinski definition) is 0. The molecule has 1 aromatic rings. The Labute approximate surface area is 90.6 Å². The Hall–Kier alpha value is 0.1000. The number of thiophene rings is 1. The molecule has 2 heterocycles. The maximum Gasteiger partial charge on any atom is 0.0936 e. The third-order valence-corrected chi connectivity index (χ3v) is 3.65. The van der Waals surface area contributed by atoms with Crippen LogP contribution in [0.15, 0.2) is 15.9 Å². The molecule has 1 aliphatic heterocycles. The van der Waals surface area contributed by atoms with Gasteiger partial charge in [0.1, 0.15) is 0 Å². The Morgan fingerprint density at radius 3 is 3.08 bits per heavy atom. The molecule has 1 fully saturated rings. The SMILES string of the molecule is CN(Cc1cc(Br)cs1)CC1CO1. The van der Waals surface area contributed by atoms with E-state index in [1.54, 1.807) is 11.3 Å². The first-order chi connectivity index (χ1) is 6.24. The molecule has 0 N–H and O–H groups in total. The molecular formula is C9H12BrNOS.